The van der Waals surface area contributed by atoms with Gasteiger partial charge < -0.3 is 18.6 Å². The van der Waals surface area contributed by atoms with E-state index in [4.69, 9.17) is 18.6 Å². The Hall–Kier alpha value is 0.0569. The monoisotopic (exact) mass is 292 g/mol. The molecular weight excluding hydrogens is 260 g/mol. The van der Waals surface area contributed by atoms with Crippen molar-refractivity contribution in [3.63, 3.8) is 0 Å². The molecule has 116 valence electrons. The molecule has 0 aromatic heterocycles. The van der Waals surface area contributed by atoms with Crippen LogP contribution in [0.2, 0.25) is 0 Å². The molecule has 0 N–H and O–H groups in total. The van der Waals surface area contributed by atoms with Crippen LogP contribution in [-0.2, 0) is 18.6 Å². The van der Waals surface area contributed by atoms with Crippen LogP contribution >= 0.6 is 0 Å². The molecule has 0 aliphatic rings. The predicted molar refractivity (Wildman–Crippen MR) is 81.2 cm³/mol. The molecule has 0 unspecified atom stereocenters. The number of rotatable bonds is 14. The minimum Gasteiger partial charge on any atom is -0.378 e. The van der Waals surface area contributed by atoms with Crippen molar-refractivity contribution in [1.29, 1.82) is 0 Å². The standard InChI is InChI=1S/C14H32O4Si/c1-4-7-10-15-13-14(18-19,16-11-8-5-2)17-12-9-6-3/h4-13H2,1-3,19H3. The first kappa shape index (κ1) is 19.1. The van der Waals surface area contributed by atoms with Gasteiger partial charge in [-0.3, -0.25) is 0 Å². The molecule has 5 heteroatoms. The van der Waals surface area contributed by atoms with E-state index >= 15 is 0 Å². The molecule has 0 aromatic carbocycles. The van der Waals surface area contributed by atoms with Crippen molar-refractivity contribution in [2.45, 2.75) is 65.3 Å². The molecule has 0 spiro atoms. The first-order chi connectivity index (χ1) is 9.24. The highest BCUT2D eigenvalue weighted by atomic mass is 28.2. The third-order valence-corrected chi connectivity index (χ3v) is 3.49. The van der Waals surface area contributed by atoms with Crippen LogP contribution in [0.5, 0.6) is 0 Å². The Morgan fingerprint density at radius 3 is 1.68 bits per heavy atom. The number of ether oxygens (including phenoxy) is 3. The molecule has 0 fully saturated rings. The van der Waals surface area contributed by atoms with Crippen LogP contribution in [0.4, 0.5) is 0 Å². The maximum Gasteiger partial charge on any atom is 0.297 e. The fraction of sp³-hybridized carbons (Fsp3) is 1.00. The number of hydrogen-bond acceptors (Lipinski definition) is 4. The highest BCUT2D eigenvalue weighted by Crippen LogP contribution is 2.17. The summed E-state index contributed by atoms with van der Waals surface area (Å²) in [5, 5.41) is 0. The molecule has 0 radical (unpaired) electrons. The molecule has 0 aromatic rings. The van der Waals surface area contributed by atoms with E-state index in [9.17, 15) is 0 Å². The topological polar surface area (TPSA) is 36.9 Å². The first-order valence-corrected chi connectivity index (χ1v) is 8.47. The number of unbranched alkanes of at least 4 members (excludes halogenated alkanes) is 3. The van der Waals surface area contributed by atoms with Gasteiger partial charge >= 0.3 is 0 Å². The summed E-state index contributed by atoms with van der Waals surface area (Å²) in [5.41, 5.74) is 0. The fourth-order valence-corrected chi connectivity index (χ4v) is 1.84. The Labute approximate surface area is 121 Å². The quantitative estimate of drug-likeness (QED) is 0.280. The largest absolute Gasteiger partial charge is 0.378 e. The highest BCUT2D eigenvalue weighted by molar-refractivity contribution is 5.98. The Bertz CT molecular complexity index is 180. The first-order valence-electron chi connectivity index (χ1n) is 7.65. The smallest absolute Gasteiger partial charge is 0.297 e. The molecule has 0 rings (SSSR count). The summed E-state index contributed by atoms with van der Waals surface area (Å²) in [6.07, 6.45) is 6.41. The third-order valence-electron chi connectivity index (χ3n) is 2.87. The van der Waals surface area contributed by atoms with Crippen molar-refractivity contribution in [1.82, 2.24) is 0 Å². The van der Waals surface area contributed by atoms with Crippen molar-refractivity contribution >= 4 is 10.5 Å². The highest BCUT2D eigenvalue weighted by Gasteiger charge is 2.32. The summed E-state index contributed by atoms with van der Waals surface area (Å²) < 4.78 is 22.8. The van der Waals surface area contributed by atoms with Crippen LogP contribution < -0.4 is 0 Å². The molecule has 19 heavy (non-hydrogen) atoms. The van der Waals surface area contributed by atoms with Crippen LogP contribution in [-0.4, -0.2) is 42.9 Å². The van der Waals surface area contributed by atoms with Crippen molar-refractivity contribution in [3.8, 4) is 0 Å². The maximum atomic E-state index is 5.81. The minimum atomic E-state index is -0.968. The molecule has 4 nitrogen and oxygen atoms in total. The van der Waals surface area contributed by atoms with Crippen molar-refractivity contribution in [3.05, 3.63) is 0 Å². The van der Waals surface area contributed by atoms with Gasteiger partial charge in [-0.1, -0.05) is 40.0 Å². The van der Waals surface area contributed by atoms with Crippen LogP contribution in [0, 0.1) is 0 Å². The van der Waals surface area contributed by atoms with Crippen LogP contribution in [0.25, 0.3) is 0 Å². The molecule has 0 bridgehead atoms. The van der Waals surface area contributed by atoms with E-state index in [-0.39, 0.29) is 0 Å². The van der Waals surface area contributed by atoms with E-state index in [0.717, 1.165) is 45.1 Å². The average molecular weight is 292 g/mol. The van der Waals surface area contributed by atoms with Gasteiger partial charge in [0.2, 0.25) is 0 Å². The van der Waals surface area contributed by atoms with Gasteiger partial charge in [0.15, 0.2) is 10.5 Å². The lowest BCUT2D eigenvalue weighted by molar-refractivity contribution is -0.360. The van der Waals surface area contributed by atoms with Gasteiger partial charge in [0.1, 0.15) is 6.61 Å². The molecule has 0 atom stereocenters. The summed E-state index contributed by atoms with van der Waals surface area (Å²) >= 11 is 0. The second-order valence-electron chi connectivity index (χ2n) is 4.70. The summed E-state index contributed by atoms with van der Waals surface area (Å²) in [6, 6.07) is 0. The van der Waals surface area contributed by atoms with Crippen molar-refractivity contribution < 1.29 is 18.6 Å². The third kappa shape index (κ3) is 9.57. The van der Waals surface area contributed by atoms with Crippen molar-refractivity contribution in [2.24, 2.45) is 0 Å². The lowest BCUT2D eigenvalue weighted by Gasteiger charge is -2.32. The van der Waals surface area contributed by atoms with E-state index in [0.29, 0.717) is 30.3 Å². The van der Waals surface area contributed by atoms with E-state index < -0.39 is 5.97 Å². The second-order valence-corrected chi connectivity index (χ2v) is 5.11. The fourth-order valence-electron chi connectivity index (χ4n) is 1.49. The van der Waals surface area contributed by atoms with Crippen LogP contribution in [0.15, 0.2) is 0 Å². The normalized spacial score (nSPS) is 12.2. The summed E-state index contributed by atoms with van der Waals surface area (Å²) in [4.78, 5) is 0. The number of hydrogen-bond donors (Lipinski definition) is 0. The molecule has 0 aliphatic heterocycles. The lowest BCUT2D eigenvalue weighted by atomic mass is 10.3. The van der Waals surface area contributed by atoms with Gasteiger partial charge in [-0.05, 0) is 19.3 Å². The molecule has 0 saturated heterocycles. The van der Waals surface area contributed by atoms with E-state index in [2.05, 4.69) is 20.8 Å². The Balaban J connectivity index is 4.20. The SMILES string of the molecule is CCCCOCC(O[SiH3])(OCCCC)OCCCC. The van der Waals surface area contributed by atoms with Gasteiger partial charge in [-0.25, -0.2) is 0 Å². The summed E-state index contributed by atoms with van der Waals surface area (Å²) in [7, 11) is 0.572. The lowest BCUT2D eigenvalue weighted by Crippen LogP contribution is -2.44. The minimum absolute atomic E-state index is 0.365. The van der Waals surface area contributed by atoms with Crippen LogP contribution in [0.3, 0.4) is 0 Å². The summed E-state index contributed by atoms with van der Waals surface area (Å²) in [6.45, 7) is 8.84. The Morgan fingerprint density at radius 2 is 1.26 bits per heavy atom. The molecule has 0 amide bonds. The zero-order valence-electron chi connectivity index (χ0n) is 13.2. The van der Waals surface area contributed by atoms with Gasteiger partial charge in [-0.2, -0.15) is 0 Å². The summed E-state index contributed by atoms with van der Waals surface area (Å²) in [5.74, 6) is -0.968. The molecule has 0 aliphatic carbocycles. The predicted octanol–water partition coefficient (Wildman–Crippen LogP) is 2.39. The second kappa shape index (κ2) is 13.1. The maximum absolute atomic E-state index is 5.81. The molecule has 0 heterocycles. The van der Waals surface area contributed by atoms with Crippen LogP contribution in [0.1, 0.15) is 59.3 Å². The zero-order valence-corrected chi connectivity index (χ0v) is 15.2. The zero-order chi connectivity index (χ0) is 14.4. The molecule has 0 saturated carbocycles. The van der Waals surface area contributed by atoms with E-state index in [1.165, 1.54) is 0 Å². The Kier molecular flexibility index (Phi) is 13.1. The average Bonchev–Trinajstić information content (AvgIpc) is 2.43. The van der Waals surface area contributed by atoms with Gasteiger partial charge in [-0.15, -0.1) is 0 Å². The Morgan fingerprint density at radius 1 is 0.789 bits per heavy atom. The van der Waals surface area contributed by atoms with E-state index in [1.807, 2.05) is 0 Å². The molecular formula is C14H32O4Si. The van der Waals surface area contributed by atoms with Crippen molar-refractivity contribution in [2.75, 3.05) is 26.4 Å². The van der Waals surface area contributed by atoms with E-state index in [1.54, 1.807) is 0 Å². The van der Waals surface area contributed by atoms with Gasteiger partial charge in [0, 0.05) is 6.61 Å². The van der Waals surface area contributed by atoms with Gasteiger partial charge in [0.05, 0.1) is 13.2 Å². The van der Waals surface area contributed by atoms with Gasteiger partial charge in [0.25, 0.3) is 5.97 Å².